The Morgan fingerprint density at radius 2 is 1.65 bits per heavy atom. The topological polar surface area (TPSA) is 96.0 Å². The molecular weight excluding hydrogens is 506 g/mol. The van der Waals surface area contributed by atoms with Crippen molar-refractivity contribution in [3.63, 3.8) is 0 Å². The van der Waals surface area contributed by atoms with Gasteiger partial charge in [0.25, 0.3) is 0 Å². The number of likely N-dealkylation sites (N-methyl/N-ethyl adjacent to an activating group) is 1. The van der Waals surface area contributed by atoms with E-state index in [0.29, 0.717) is 23.5 Å². The molecule has 1 aliphatic heterocycles. The van der Waals surface area contributed by atoms with Gasteiger partial charge < -0.3 is 35.1 Å². The first-order chi connectivity index (χ1) is 19.5. The molecular formula is C30H45N7O3. The Labute approximate surface area is 238 Å². The zero-order valence-electron chi connectivity index (χ0n) is 24.8. The lowest BCUT2D eigenvalue weighted by Crippen LogP contribution is -2.39. The van der Waals surface area contributed by atoms with Crippen molar-refractivity contribution < 1.29 is 14.2 Å². The first-order valence-electron chi connectivity index (χ1n) is 14.3. The predicted molar refractivity (Wildman–Crippen MR) is 163 cm³/mol. The summed E-state index contributed by atoms with van der Waals surface area (Å²) in [6.45, 7) is 10.9. The van der Waals surface area contributed by atoms with Crippen LogP contribution in [0.25, 0.3) is 10.9 Å². The highest BCUT2D eigenvalue weighted by Crippen LogP contribution is 2.35. The van der Waals surface area contributed by atoms with Gasteiger partial charge in [0, 0.05) is 68.5 Å². The molecule has 10 nitrogen and oxygen atoms in total. The average Bonchev–Trinajstić information content (AvgIpc) is 2.99. The first kappa shape index (κ1) is 29.5. The van der Waals surface area contributed by atoms with Crippen molar-refractivity contribution in [1.82, 2.24) is 19.8 Å². The molecule has 2 aromatic carbocycles. The number of piperidine rings is 1. The number of likely N-dealkylation sites (tertiary alicyclic amines) is 1. The van der Waals surface area contributed by atoms with Gasteiger partial charge in [0.1, 0.15) is 11.6 Å². The molecule has 1 aromatic heterocycles. The van der Waals surface area contributed by atoms with Gasteiger partial charge in [-0.05, 0) is 44.1 Å². The van der Waals surface area contributed by atoms with Gasteiger partial charge in [0.15, 0.2) is 11.5 Å². The number of ether oxygens (including phenoxy) is 3. The molecule has 218 valence electrons. The normalized spacial score (nSPS) is 14.4. The van der Waals surface area contributed by atoms with Gasteiger partial charge in [-0.3, -0.25) is 4.90 Å². The number of hydrogen-bond donors (Lipinski definition) is 3. The quantitative estimate of drug-likeness (QED) is 0.265. The maximum atomic E-state index is 5.65. The maximum absolute atomic E-state index is 5.65. The van der Waals surface area contributed by atoms with Crippen molar-refractivity contribution in [3.05, 3.63) is 35.9 Å². The number of methoxy groups -OCH3 is 3. The molecule has 0 radical (unpaired) electrons. The summed E-state index contributed by atoms with van der Waals surface area (Å²) < 4.78 is 16.8. The maximum Gasteiger partial charge on any atom is 0.225 e. The number of hydrogen-bond acceptors (Lipinski definition) is 10. The van der Waals surface area contributed by atoms with Gasteiger partial charge in [-0.15, -0.1) is 0 Å². The summed E-state index contributed by atoms with van der Waals surface area (Å²) in [7, 11) is 6.99. The van der Waals surface area contributed by atoms with Crippen molar-refractivity contribution in [2.24, 2.45) is 0 Å². The van der Waals surface area contributed by atoms with Gasteiger partial charge in [-0.1, -0.05) is 19.9 Å². The number of fused-ring (bicyclic) bond motifs is 1. The lowest BCUT2D eigenvalue weighted by molar-refractivity contribution is 0.209. The van der Waals surface area contributed by atoms with Gasteiger partial charge in [0.2, 0.25) is 5.95 Å². The molecule has 1 fully saturated rings. The zero-order chi connectivity index (χ0) is 28.5. The minimum absolute atomic E-state index is 0.299. The third kappa shape index (κ3) is 6.98. The summed E-state index contributed by atoms with van der Waals surface area (Å²) in [5, 5.41) is 11.4. The van der Waals surface area contributed by atoms with Gasteiger partial charge in [-0.25, -0.2) is 4.98 Å². The number of rotatable bonds is 14. The van der Waals surface area contributed by atoms with Crippen LogP contribution in [-0.4, -0.2) is 93.5 Å². The second-order valence-corrected chi connectivity index (χ2v) is 10.0. The fraction of sp³-hybridized carbons (Fsp3) is 0.533. The van der Waals surface area contributed by atoms with Crippen molar-refractivity contribution in [2.45, 2.75) is 39.3 Å². The first-order valence-corrected chi connectivity index (χ1v) is 14.3. The average molecular weight is 552 g/mol. The van der Waals surface area contributed by atoms with Crippen molar-refractivity contribution in [3.8, 4) is 17.2 Å². The summed E-state index contributed by atoms with van der Waals surface area (Å²) >= 11 is 0. The third-order valence-corrected chi connectivity index (χ3v) is 7.74. The summed E-state index contributed by atoms with van der Waals surface area (Å²) in [5.74, 6) is 3.67. The SMILES string of the molecule is CCN(CC)CCNc1nc(NC2CCN(Cc3c(NC)cccc3OC)CC2)c2cc(OC)c(OC)cc2n1. The molecule has 4 rings (SSSR count). The molecule has 3 aromatic rings. The molecule has 10 heteroatoms. The molecule has 1 saturated heterocycles. The zero-order valence-corrected chi connectivity index (χ0v) is 24.8. The summed E-state index contributed by atoms with van der Waals surface area (Å²) in [4.78, 5) is 14.6. The van der Waals surface area contributed by atoms with E-state index >= 15 is 0 Å². The predicted octanol–water partition coefficient (Wildman–Crippen LogP) is 4.53. The van der Waals surface area contributed by atoms with E-state index in [-0.39, 0.29) is 0 Å². The molecule has 0 aliphatic carbocycles. The van der Waals surface area contributed by atoms with E-state index in [9.17, 15) is 0 Å². The van der Waals surface area contributed by atoms with Crippen molar-refractivity contribution in [1.29, 1.82) is 0 Å². The molecule has 0 atom stereocenters. The van der Waals surface area contributed by atoms with E-state index in [2.05, 4.69) is 45.7 Å². The number of nitrogens with one attached hydrogen (secondary N) is 3. The van der Waals surface area contributed by atoms with E-state index in [1.807, 2.05) is 31.3 Å². The fourth-order valence-electron chi connectivity index (χ4n) is 5.32. The van der Waals surface area contributed by atoms with Crippen LogP contribution in [0.5, 0.6) is 17.2 Å². The molecule has 0 spiro atoms. The van der Waals surface area contributed by atoms with Crippen LogP contribution >= 0.6 is 0 Å². The molecule has 2 heterocycles. The van der Waals surface area contributed by atoms with Crippen LogP contribution in [0.2, 0.25) is 0 Å². The Hall–Kier alpha value is -3.50. The molecule has 0 bridgehead atoms. The van der Waals surface area contributed by atoms with Crippen LogP contribution in [0.1, 0.15) is 32.3 Å². The number of benzene rings is 2. The molecule has 1 aliphatic rings. The van der Waals surface area contributed by atoms with E-state index < -0.39 is 0 Å². The number of aromatic nitrogens is 2. The van der Waals surface area contributed by atoms with Crippen LogP contribution in [-0.2, 0) is 6.54 Å². The largest absolute Gasteiger partial charge is 0.496 e. The molecule has 0 saturated carbocycles. The monoisotopic (exact) mass is 551 g/mol. The van der Waals surface area contributed by atoms with Gasteiger partial charge >= 0.3 is 0 Å². The van der Waals surface area contributed by atoms with E-state index in [4.69, 9.17) is 24.2 Å². The van der Waals surface area contributed by atoms with Gasteiger partial charge in [0.05, 0.1) is 26.8 Å². The Bertz CT molecular complexity index is 1220. The Morgan fingerprint density at radius 3 is 2.30 bits per heavy atom. The smallest absolute Gasteiger partial charge is 0.225 e. The van der Waals surface area contributed by atoms with E-state index in [0.717, 1.165) is 86.8 Å². The Morgan fingerprint density at radius 1 is 0.950 bits per heavy atom. The van der Waals surface area contributed by atoms with Crippen LogP contribution in [0.15, 0.2) is 30.3 Å². The third-order valence-electron chi connectivity index (χ3n) is 7.74. The Kier molecular flexibility index (Phi) is 10.5. The highest BCUT2D eigenvalue weighted by molar-refractivity contribution is 5.92. The minimum atomic E-state index is 0.299. The summed E-state index contributed by atoms with van der Waals surface area (Å²) in [6, 6.07) is 10.3. The lowest BCUT2D eigenvalue weighted by Gasteiger charge is -2.33. The molecule has 40 heavy (non-hydrogen) atoms. The molecule has 0 unspecified atom stereocenters. The second kappa shape index (κ2) is 14.2. The lowest BCUT2D eigenvalue weighted by atomic mass is 10.0. The second-order valence-electron chi connectivity index (χ2n) is 10.0. The molecule has 3 N–H and O–H groups in total. The van der Waals surface area contributed by atoms with E-state index in [1.165, 1.54) is 5.56 Å². The fourth-order valence-corrected chi connectivity index (χ4v) is 5.32. The van der Waals surface area contributed by atoms with Gasteiger partial charge in [-0.2, -0.15) is 4.98 Å². The highest BCUT2D eigenvalue weighted by Gasteiger charge is 2.23. The van der Waals surface area contributed by atoms with Crippen molar-refractivity contribution >= 4 is 28.4 Å². The number of nitrogens with zero attached hydrogens (tertiary/aromatic N) is 4. The minimum Gasteiger partial charge on any atom is -0.496 e. The van der Waals surface area contributed by atoms with Crippen molar-refractivity contribution in [2.75, 3.05) is 83.6 Å². The van der Waals surface area contributed by atoms with Crippen LogP contribution < -0.4 is 30.2 Å². The molecule has 0 amide bonds. The highest BCUT2D eigenvalue weighted by atomic mass is 16.5. The van der Waals surface area contributed by atoms with E-state index in [1.54, 1.807) is 21.3 Å². The van der Waals surface area contributed by atoms with Crippen LogP contribution in [0, 0.1) is 0 Å². The summed E-state index contributed by atoms with van der Waals surface area (Å²) in [5.41, 5.74) is 3.12. The number of anilines is 3. The van der Waals surface area contributed by atoms with Crippen LogP contribution in [0.3, 0.4) is 0 Å². The Balaban J connectivity index is 1.50. The summed E-state index contributed by atoms with van der Waals surface area (Å²) in [6.07, 6.45) is 2.01. The van der Waals surface area contributed by atoms with Crippen LogP contribution in [0.4, 0.5) is 17.5 Å². The standard InChI is InChI=1S/C30H45N7O3/c1-7-36(8-2)17-14-32-30-34-25-19-28(40-6)27(39-5)18-22(25)29(35-30)33-21-12-15-37(16-13-21)20-23-24(31-3)10-9-11-26(23)38-4/h9-11,18-19,21,31H,7-8,12-17,20H2,1-6H3,(H2,32,33,34,35).